The second-order valence-corrected chi connectivity index (χ2v) is 7.34. The van der Waals surface area contributed by atoms with E-state index in [4.69, 9.17) is 32.7 Å². The summed E-state index contributed by atoms with van der Waals surface area (Å²) in [7, 11) is 1.42. The van der Waals surface area contributed by atoms with Gasteiger partial charge in [0.05, 0.1) is 18.9 Å². The van der Waals surface area contributed by atoms with Gasteiger partial charge >= 0.3 is 17.8 Å². The maximum atomic E-state index is 12.3. The van der Waals surface area contributed by atoms with Crippen LogP contribution in [0.2, 0.25) is 10.0 Å². The van der Waals surface area contributed by atoms with Crippen molar-refractivity contribution in [2.45, 2.75) is 0 Å². The Morgan fingerprint density at radius 1 is 0.848 bits per heavy atom. The smallest absolute Gasteiger partial charge is 0.343 e. The van der Waals surface area contributed by atoms with E-state index >= 15 is 0 Å². The van der Waals surface area contributed by atoms with Gasteiger partial charge in [0, 0.05) is 15.7 Å². The van der Waals surface area contributed by atoms with Crippen molar-refractivity contribution in [2.24, 2.45) is 5.10 Å². The van der Waals surface area contributed by atoms with E-state index in [2.05, 4.69) is 15.8 Å². The molecule has 0 spiro atoms. The molecule has 0 heterocycles. The van der Waals surface area contributed by atoms with Crippen LogP contribution >= 0.6 is 23.2 Å². The van der Waals surface area contributed by atoms with Gasteiger partial charge in [-0.2, -0.15) is 5.10 Å². The molecular formula is C23H17Cl2N3O5. The number of hydrazone groups is 1. The number of methoxy groups -OCH3 is 1. The molecule has 0 atom stereocenters. The van der Waals surface area contributed by atoms with Gasteiger partial charge in [-0.15, -0.1) is 0 Å². The van der Waals surface area contributed by atoms with E-state index in [-0.39, 0.29) is 11.5 Å². The average Bonchev–Trinajstić information content (AvgIpc) is 2.81. The van der Waals surface area contributed by atoms with Crippen LogP contribution in [0, 0.1) is 0 Å². The number of ether oxygens (including phenoxy) is 2. The second-order valence-electron chi connectivity index (χ2n) is 6.47. The van der Waals surface area contributed by atoms with Gasteiger partial charge in [-0.3, -0.25) is 9.59 Å². The highest BCUT2D eigenvalue weighted by molar-refractivity contribution is 6.39. The molecule has 0 saturated heterocycles. The van der Waals surface area contributed by atoms with Crippen LogP contribution in [-0.2, 0) is 9.59 Å². The molecular weight excluding hydrogens is 469 g/mol. The van der Waals surface area contributed by atoms with Gasteiger partial charge in [0.2, 0.25) is 0 Å². The molecule has 0 radical (unpaired) electrons. The third-order valence-corrected chi connectivity index (χ3v) is 4.66. The number of benzene rings is 3. The Morgan fingerprint density at radius 2 is 1.48 bits per heavy atom. The number of esters is 1. The van der Waals surface area contributed by atoms with Gasteiger partial charge < -0.3 is 14.8 Å². The van der Waals surface area contributed by atoms with E-state index in [0.29, 0.717) is 26.9 Å². The van der Waals surface area contributed by atoms with Crippen molar-refractivity contribution < 1.29 is 23.9 Å². The number of hydrogen-bond donors (Lipinski definition) is 2. The van der Waals surface area contributed by atoms with Crippen molar-refractivity contribution >= 4 is 52.9 Å². The zero-order valence-corrected chi connectivity index (χ0v) is 18.7. The first-order chi connectivity index (χ1) is 15.9. The molecule has 10 heteroatoms. The Hall–Kier alpha value is -3.88. The lowest BCUT2D eigenvalue weighted by molar-refractivity contribution is -0.136. The Morgan fingerprint density at radius 3 is 2.12 bits per heavy atom. The number of nitrogens with one attached hydrogen (secondary N) is 2. The third-order valence-electron chi connectivity index (χ3n) is 4.16. The highest BCUT2D eigenvalue weighted by atomic mass is 35.5. The summed E-state index contributed by atoms with van der Waals surface area (Å²) in [6.45, 7) is 0. The summed E-state index contributed by atoms with van der Waals surface area (Å²) in [5.41, 5.74) is 3.39. The summed E-state index contributed by atoms with van der Waals surface area (Å²) in [6, 6.07) is 17.2. The maximum Gasteiger partial charge on any atom is 0.343 e. The summed E-state index contributed by atoms with van der Waals surface area (Å²) < 4.78 is 10.6. The van der Waals surface area contributed by atoms with Crippen molar-refractivity contribution in [3.05, 3.63) is 87.9 Å². The van der Waals surface area contributed by atoms with E-state index in [1.165, 1.54) is 19.4 Å². The topological polar surface area (TPSA) is 106 Å². The van der Waals surface area contributed by atoms with E-state index < -0.39 is 17.8 Å². The fraction of sp³-hybridized carbons (Fsp3) is 0.0435. The molecule has 3 rings (SSSR count). The maximum absolute atomic E-state index is 12.3. The molecule has 0 saturated carbocycles. The van der Waals surface area contributed by atoms with Gasteiger partial charge in [0.1, 0.15) is 0 Å². The zero-order valence-electron chi connectivity index (χ0n) is 17.2. The molecule has 0 fully saturated rings. The number of halogens is 2. The summed E-state index contributed by atoms with van der Waals surface area (Å²) in [5.74, 6) is -1.96. The fourth-order valence-corrected chi connectivity index (χ4v) is 2.78. The van der Waals surface area contributed by atoms with Crippen LogP contribution in [-0.4, -0.2) is 31.1 Å². The van der Waals surface area contributed by atoms with Crippen molar-refractivity contribution in [3.63, 3.8) is 0 Å². The minimum absolute atomic E-state index is 0.195. The minimum Gasteiger partial charge on any atom is -0.493 e. The van der Waals surface area contributed by atoms with Gasteiger partial charge in [-0.1, -0.05) is 23.2 Å². The van der Waals surface area contributed by atoms with Crippen molar-refractivity contribution in [1.82, 2.24) is 5.43 Å². The minimum atomic E-state index is -0.957. The molecule has 0 bridgehead atoms. The van der Waals surface area contributed by atoms with Crippen LogP contribution in [0.1, 0.15) is 15.9 Å². The molecule has 168 valence electrons. The highest BCUT2D eigenvalue weighted by Crippen LogP contribution is 2.28. The molecule has 0 aliphatic rings. The van der Waals surface area contributed by atoms with Crippen LogP contribution in [0.4, 0.5) is 5.69 Å². The number of hydrogen-bond acceptors (Lipinski definition) is 6. The Labute approximate surface area is 199 Å². The number of carbonyl (C=O) groups excluding carboxylic acids is 3. The second kappa shape index (κ2) is 11.1. The molecule has 0 aromatic heterocycles. The number of anilines is 1. The summed E-state index contributed by atoms with van der Waals surface area (Å²) >= 11 is 11.6. The van der Waals surface area contributed by atoms with Crippen molar-refractivity contribution in [2.75, 3.05) is 12.4 Å². The van der Waals surface area contributed by atoms with Crippen LogP contribution in [0.25, 0.3) is 0 Å². The molecule has 33 heavy (non-hydrogen) atoms. The molecule has 2 amide bonds. The summed E-state index contributed by atoms with van der Waals surface area (Å²) in [5, 5.41) is 7.18. The molecule has 0 unspecified atom stereocenters. The first-order valence-corrected chi connectivity index (χ1v) is 10.2. The van der Waals surface area contributed by atoms with Crippen molar-refractivity contribution in [3.8, 4) is 11.5 Å². The van der Waals surface area contributed by atoms with Crippen molar-refractivity contribution in [1.29, 1.82) is 0 Å². The lowest BCUT2D eigenvalue weighted by atomic mass is 10.2. The van der Waals surface area contributed by atoms with E-state index in [1.54, 1.807) is 60.7 Å². The summed E-state index contributed by atoms with van der Waals surface area (Å²) in [6.07, 6.45) is 1.31. The Balaban J connectivity index is 1.59. The normalized spacial score (nSPS) is 10.5. The molecule has 3 aromatic carbocycles. The first-order valence-electron chi connectivity index (χ1n) is 9.41. The first kappa shape index (κ1) is 23.8. The highest BCUT2D eigenvalue weighted by Gasteiger charge is 2.14. The van der Waals surface area contributed by atoms with Gasteiger partial charge in [-0.05, 0) is 72.3 Å². The standard InChI is InChI=1S/C23H17Cl2N3O5/c1-32-20-12-14(2-11-19(20)33-23(31)15-3-5-16(24)6-4-15)13-26-28-22(30)21(29)27-18-9-7-17(25)8-10-18/h2-13H,1H3,(H,27,29)(H,28,30)/b26-13-. The molecule has 3 aromatic rings. The van der Waals surface area contributed by atoms with E-state index in [1.807, 2.05) is 0 Å². The zero-order chi connectivity index (χ0) is 23.8. The van der Waals surface area contributed by atoms with Crippen LogP contribution in [0.15, 0.2) is 71.8 Å². The number of rotatable bonds is 6. The van der Waals surface area contributed by atoms with Crippen LogP contribution in [0.3, 0.4) is 0 Å². The third kappa shape index (κ3) is 6.80. The lowest BCUT2D eigenvalue weighted by Gasteiger charge is -2.10. The van der Waals surface area contributed by atoms with E-state index in [9.17, 15) is 14.4 Å². The number of amides is 2. The monoisotopic (exact) mass is 485 g/mol. The number of carbonyl (C=O) groups is 3. The molecule has 0 aliphatic carbocycles. The summed E-state index contributed by atoms with van der Waals surface area (Å²) in [4.78, 5) is 36.1. The molecule has 0 aliphatic heterocycles. The lowest BCUT2D eigenvalue weighted by Crippen LogP contribution is -2.32. The van der Waals surface area contributed by atoms with Gasteiger partial charge in [-0.25, -0.2) is 10.2 Å². The van der Waals surface area contributed by atoms with Crippen LogP contribution in [0.5, 0.6) is 11.5 Å². The van der Waals surface area contributed by atoms with Gasteiger partial charge in [0.25, 0.3) is 0 Å². The SMILES string of the molecule is COc1cc(/C=N\NC(=O)C(=O)Nc2ccc(Cl)cc2)ccc1OC(=O)c1ccc(Cl)cc1. The van der Waals surface area contributed by atoms with Crippen LogP contribution < -0.4 is 20.2 Å². The largest absolute Gasteiger partial charge is 0.493 e. The average molecular weight is 486 g/mol. The molecule has 2 N–H and O–H groups in total. The molecule has 8 nitrogen and oxygen atoms in total. The predicted molar refractivity (Wildman–Crippen MR) is 125 cm³/mol. The number of nitrogens with zero attached hydrogens (tertiary/aromatic N) is 1. The van der Waals surface area contributed by atoms with Gasteiger partial charge in [0.15, 0.2) is 11.5 Å². The van der Waals surface area contributed by atoms with E-state index in [0.717, 1.165) is 0 Å². The Kier molecular flexibility index (Phi) is 8.01. The Bertz CT molecular complexity index is 1200. The fourth-order valence-electron chi connectivity index (χ4n) is 2.53. The predicted octanol–water partition coefficient (Wildman–Crippen LogP) is 4.31. The quantitative estimate of drug-likeness (QED) is 0.178.